The molecule has 5 N–H and O–H groups in total. The second-order valence-corrected chi connectivity index (χ2v) is 17.8. The Morgan fingerprint density at radius 3 is 2.29 bits per heavy atom. The fourth-order valence-corrected chi connectivity index (χ4v) is 6.27. The number of hydrogen-bond acceptors (Lipinski definition) is 5. The van der Waals surface area contributed by atoms with Gasteiger partial charge in [0.15, 0.2) is 8.32 Å². The van der Waals surface area contributed by atoms with Gasteiger partial charge < -0.3 is 25.6 Å². The molecule has 0 fully saturated rings. The van der Waals surface area contributed by atoms with Crippen LogP contribution in [0.25, 0.3) is 0 Å². The molecular formula is C33H44Cl2N2O4Si. The highest BCUT2D eigenvalue weighted by Crippen LogP contribution is 2.44. The molecule has 3 aromatic carbocycles. The molecule has 42 heavy (non-hydrogen) atoms. The Hall–Kier alpha value is -2.39. The van der Waals surface area contributed by atoms with E-state index in [0.29, 0.717) is 28.7 Å². The first kappa shape index (κ1) is 34.1. The Bertz CT molecular complexity index is 1340. The quantitative estimate of drug-likeness (QED) is 0.127. The van der Waals surface area contributed by atoms with Gasteiger partial charge in [0.1, 0.15) is 5.75 Å². The van der Waals surface area contributed by atoms with Crippen LogP contribution in [0.4, 0.5) is 0 Å². The van der Waals surface area contributed by atoms with Gasteiger partial charge in [-0.2, -0.15) is 0 Å². The summed E-state index contributed by atoms with van der Waals surface area (Å²) in [4.78, 5) is 23.6. The van der Waals surface area contributed by atoms with Crippen LogP contribution < -0.4 is 10.6 Å². The highest BCUT2D eigenvalue weighted by atomic mass is 35.5. The third kappa shape index (κ3) is 10.1. The van der Waals surface area contributed by atoms with Crippen molar-refractivity contribution in [2.45, 2.75) is 83.3 Å². The Labute approximate surface area is 261 Å². The number of aliphatic hydroxyl groups excluding tert-OH is 1. The number of halogens is 2. The maximum absolute atomic E-state index is 12.6. The second kappa shape index (κ2) is 14.9. The molecule has 3 rings (SSSR count). The van der Waals surface area contributed by atoms with Crippen molar-refractivity contribution in [3.05, 3.63) is 98.5 Å². The van der Waals surface area contributed by atoms with Gasteiger partial charge in [-0.25, -0.2) is 0 Å². The van der Waals surface area contributed by atoms with Crippen molar-refractivity contribution in [2.75, 3.05) is 6.54 Å². The van der Waals surface area contributed by atoms with Gasteiger partial charge in [0.05, 0.1) is 13.0 Å². The van der Waals surface area contributed by atoms with Gasteiger partial charge in [0.2, 0.25) is 5.91 Å². The minimum atomic E-state index is -2.45. The van der Waals surface area contributed by atoms with Gasteiger partial charge in [-0.3, -0.25) is 4.79 Å². The molecule has 0 aliphatic carbocycles. The van der Waals surface area contributed by atoms with Crippen LogP contribution in [0.2, 0.25) is 28.2 Å². The van der Waals surface area contributed by atoms with E-state index in [2.05, 4.69) is 43.5 Å². The maximum Gasteiger partial charge on any atom is 0.224 e. The molecule has 0 radical (unpaired) electrons. The van der Waals surface area contributed by atoms with E-state index in [9.17, 15) is 19.8 Å². The molecule has 0 saturated heterocycles. The summed E-state index contributed by atoms with van der Waals surface area (Å²) in [6.45, 7) is 11.1. The van der Waals surface area contributed by atoms with E-state index < -0.39 is 8.32 Å². The molecule has 228 valence electrons. The maximum atomic E-state index is 12.6. The first-order valence-corrected chi connectivity index (χ1v) is 18.0. The predicted octanol–water partition coefficient (Wildman–Crippen LogP) is 6.72. The summed E-state index contributed by atoms with van der Waals surface area (Å²) in [6.07, 6.45) is 1.82. The zero-order valence-corrected chi connectivity index (χ0v) is 27.7. The Morgan fingerprint density at radius 1 is 0.976 bits per heavy atom. The van der Waals surface area contributed by atoms with Crippen LogP contribution in [0, 0.1) is 0 Å². The zero-order chi connectivity index (χ0) is 31.1. The van der Waals surface area contributed by atoms with Crippen LogP contribution in [0.5, 0.6) is 5.75 Å². The summed E-state index contributed by atoms with van der Waals surface area (Å²) in [5, 5.41) is 27.2. The lowest BCUT2D eigenvalue weighted by molar-refractivity contribution is -0.120. The number of aliphatic hydroxyl groups is 1. The van der Waals surface area contributed by atoms with Gasteiger partial charge in [-0.05, 0) is 96.4 Å². The van der Waals surface area contributed by atoms with E-state index in [0.717, 1.165) is 35.1 Å². The number of aromatic hydroxyl groups is 1. The van der Waals surface area contributed by atoms with Gasteiger partial charge in [-0.1, -0.05) is 67.4 Å². The van der Waals surface area contributed by atoms with E-state index in [1.165, 1.54) is 0 Å². The average Bonchev–Trinajstić information content (AvgIpc) is 2.89. The van der Waals surface area contributed by atoms with Crippen LogP contribution in [0.15, 0.2) is 60.7 Å². The number of rotatable bonds is 14. The van der Waals surface area contributed by atoms with E-state index in [1.807, 2.05) is 37.4 Å². The smallest absolute Gasteiger partial charge is 0.224 e. The van der Waals surface area contributed by atoms with E-state index in [-0.39, 0.29) is 41.7 Å². The van der Waals surface area contributed by atoms with Gasteiger partial charge >= 0.3 is 0 Å². The molecule has 1 amide bonds. The highest BCUT2D eigenvalue weighted by Gasteiger charge is 2.40. The van der Waals surface area contributed by atoms with Crippen molar-refractivity contribution in [2.24, 2.45) is 0 Å². The third-order valence-corrected chi connectivity index (χ3v) is 12.1. The molecule has 2 atom stereocenters. The van der Waals surface area contributed by atoms with Crippen LogP contribution in [0.3, 0.4) is 0 Å². The molecular weight excluding hydrogens is 587 g/mol. The number of nitrogens with one attached hydrogen (secondary N) is 2. The van der Waals surface area contributed by atoms with Crippen LogP contribution in [0.1, 0.15) is 60.9 Å². The normalized spacial score (nSPS) is 13.5. The van der Waals surface area contributed by atoms with Crippen molar-refractivity contribution in [1.29, 1.82) is 0 Å². The minimum Gasteiger partial charge on any atom is -0.508 e. The summed E-state index contributed by atoms with van der Waals surface area (Å²) in [7, 11) is -2.45. The van der Waals surface area contributed by atoms with Crippen LogP contribution in [-0.4, -0.2) is 41.8 Å². The molecule has 0 saturated carbocycles. The van der Waals surface area contributed by atoms with E-state index in [1.54, 1.807) is 24.3 Å². The lowest BCUT2D eigenvalue weighted by atomic mass is 9.88. The van der Waals surface area contributed by atoms with Gasteiger partial charge in [-0.15, -0.1) is 0 Å². The van der Waals surface area contributed by atoms with Crippen LogP contribution in [-0.2, 0) is 30.8 Å². The first-order valence-electron chi connectivity index (χ1n) is 14.3. The molecule has 6 nitrogen and oxygen atoms in total. The summed E-state index contributed by atoms with van der Waals surface area (Å²) < 4.78 is 0. The third-order valence-electron chi connectivity index (χ3n) is 8.18. The number of benzene rings is 3. The van der Waals surface area contributed by atoms with Crippen molar-refractivity contribution in [3.8, 4) is 5.75 Å². The number of amides is 1. The number of hydrogen-bond donors (Lipinski definition) is 5. The molecule has 0 aliphatic rings. The summed E-state index contributed by atoms with van der Waals surface area (Å²) >= 11 is 12.1. The summed E-state index contributed by atoms with van der Waals surface area (Å²) in [6, 6.07) is 18.9. The molecule has 3 aromatic rings. The molecule has 0 aromatic heterocycles. The fourth-order valence-electron chi connectivity index (χ4n) is 4.96. The summed E-state index contributed by atoms with van der Waals surface area (Å²) in [5.74, 6) is 0.0861. The number of carbonyl (C=O) groups excluding carboxylic acids is 1. The van der Waals surface area contributed by atoms with Crippen molar-refractivity contribution in [3.63, 3.8) is 0 Å². The lowest BCUT2D eigenvalue weighted by Gasteiger charge is -2.38. The van der Waals surface area contributed by atoms with Crippen molar-refractivity contribution in [1.82, 2.24) is 10.6 Å². The first-order chi connectivity index (χ1) is 19.7. The monoisotopic (exact) mass is 630 g/mol. The Kier molecular flexibility index (Phi) is 12.1. The number of phenols is 1. The van der Waals surface area contributed by atoms with Crippen LogP contribution >= 0.6 is 23.2 Å². The molecule has 0 aliphatic heterocycles. The molecule has 0 unspecified atom stereocenters. The van der Waals surface area contributed by atoms with Gasteiger partial charge in [0, 0.05) is 34.7 Å². The highest BCUT2D eigenvalue weighted by molar-refractivity contribution is 6.72. The topological polar surface area (TPSA) is 102 Å². The van der Waals surface area contributed by atoms with E-state index in [4.69, 9.17) is 23.2 Å². The standard InChI is InChI=1S/C33H44Cl2N2O4Si/c1-22(36-20-28(18-33(2,3)42(4,5)41)26-9-10-31(39)27(16-26)21-38)11-23-7-6-8-24(12-23)15-32(40)37-19-25-13-29(34)17-30(35)14-25/h6-10,12-14,16-17,22,28,36,38-39,41H,11,15,18-21H2,1-5H3,(H,37,40)/t22-,28+/m1/s1. The van der Waals surface area contributed by atoms with Gasteiger partial charge in [0.25, 0.3) is 0 Å². The largest absolute Gasteiger partial charge is 0.508 e. The lowest BCUT2D eigenvalue weighted by Crippen LogP contribution is -2.41. The minimum absolute atomic E-state index is 0.0774. The van der Waals surface area contributed by atoms with Crippen molar-refractivity contribution >= 4 is 37.4 Å². The Balaban J connectivity index is 1.62. The second-order valence-electron chi connectivity index (χ2n) is 12.5. The summed E-state index contributed by atoms with van der Waals surface area (Å²) in [5.41, 5.74) is 4.45. The fraction of sp³-hybridized carbons (Fsp3) is 0.424. The predicted molar refractivity (Wildman–Crippen MR) is 175 cm³/mol. The molecule has 0 bridgehead atoms. The molecule has 9 heteroatoms. The van der Waals surface area contributed by atoms with E-state index >= 15 is 0 Å². The SMILES string of the molecule is C[C@H](Cc1cccc(CC(=O)NCc2cc(Cl)cc(Cl)c2)c1)NC[C@H](CC(C)(C)[Si](C)(C)O)c1ccc(O)c(CO)c1. The average molecular weight is 632 g/mol. The Morgan fingerprint density at radius 2 is 1.64 bits per heavy atom. The zero-order valence-electron chi connectivity index (χ0n) is 25.2. The van der Waals surface area contributed by atoms with Crippen molar-refractivity contribution < 1.29 is 19.8 Å². The molecule has 0 heterocycles. The number of carbonyl (C=O) groups is 1. The molecule has 0 spiro atoms.